The number of anilines is 2. The molecule has 1 N–H and O–H groups in total. The zero-order valence-electron chi connectivity index (χ0n) is 20.4. The lowest BCUT2D eigenvalue weighted by molar-refractivity contribution is -0.0429. The molecule has 0 aliphatic heterocycles. The molecule has 0 amide bonds. The van der Waals surface area contributed by atoms with Gasteiger partial charge >= 0.3 is 15.5 Å². The van der Waals surface area contributed by atoms with E-state index in [9.17, 15) is 21.6 Å². The van der Waals surface area contributed by atoms with Gasteiger partial charge in [-0.25, -0.2) is 0 Å². The van der Waals surface area contributed by atoms with Crippen LogP contribution in [0.1, 0.15) is 59.1 Å². The molecule has 2 rings (SSSR count). The highest BCUT2D eigenvalue weighted by Gasteiger charge is 2.46. The number of nitrogens with one attached hydrogen (secondary N) is 1. The van der Waals surface area contributed by atoms with Gasteiger partial charge in [0, 0.05) is 17.1 Å². The van der Waals surface area contributed by atoms with Crippen molar-refractivity contribution >= 4 is 50.3 Å². The van der Waals surface area contributed by atoms with E-state index in [1.54, 1.807) is 47.8 Å². The van der Waals surface area contributed by atoms with Gasteiger partial charge in [-0.05, 0) is 50.6 Å². The molecule has 5 nitrogen and oxygen atoms in total. The average molecular weight is 542 g/mol. The minimum Gasteiger partial charge on any atom is -0.275 e. The third kappa shape index (κ3) is 9.00. The Morgan fingerprint density at radius 2 is 1.65 bits per heavy atom. The Balaban J connectivity index is 0.00000258. The highest BCUT2D eigenvalue weighted by molar-refractivity contribution is 7.93. The molecule has 11 heteroatoms. The zero-order valence-corrected chi connectivity index (χ0v) is 22.7. The quantitative estimate of drug-likeness (QED) is 0.283. The van der Waals surface area contributed by atoms with Gasteiger partial charge in [0.1, 0.15) is 0 Å². The fraction of sp³-hybridized carbons (Fsp3) is 0.435. The predicted octanol–water partition coefficient (Wildman–Crippen LogP) is 8.26. The number of aryl methyl sites for hydroxylation is 1. The van der Waals surface area contributed by atoms with E-state index in [2.05, 4.69) is 5.10 Å². The summed E-state index contributed by atoms with van der Waals surface area (Å²) in [4.78, 5) is 0. The van der Waals surface area contributed by atoms with Crippen LogP contribution in [0.2, 0.25) is 10.0 Å². The van der Waals surface area contributed by atoms with Crippen LogP contribution in [-0.2, 0) is 10.0 Å². The Morgan fingerprint density at radius 3 is 2.18 bits per heavy atom. The van der Waals surface area contributed by atoms with Crippen molar-refractivity contribution in [3.63, 3.8) is 0 Å². The SMILES string of the molecule is CC.CC.CCCN(/N=C(\C)c1cc(C)ccc1NS(=O)(=O)C(F)(F)F)c1cc(Cl)ccc1Cl. The van der Waals surface area contributed by atoms with Crippen molar-refractivity contribution in [2.75, 3.05) is 16.3 Å². The fourth-order valence-electron chi connectivity index (χ4n) is 2.60. The number of benzene rings is 2. The molecule has 0 unspecified atom stereocenters. The summed E-state index contributed by atoms with van der Waals surface area (Å²) in [6, 6.07) is 9.18. The molecule has 0 aliphatic rings. The molecule has 0 heterocycles. The summed E-state index contributed by atoms with van der Waals surface area (Å²) in [5.74, 6) is 0. The molecule has 2 aromatic carbocycles. The van der Waals surface area contributed by atoms with Crippen molar-refractivity contribution in [3.05, 3.63) is 57.6 Å². The summed E-state index contributed by atoms with van der Waals surface area (Å²) in [5, 5.41) is 6.91. The smallest absolute Gasteiger partial charge is 0.275 e. The van der Waals surface area contributed by atoms with Gasteiger partial charge in [0.05, 0.1) is 22.1 Å². The lowest BCUT2D eigenvalue weighted by Gasteiger charge is -2.22. The summed E-state index contributed by atoms with van der Waals surface area (Å²) in [6.45, 7) is 13.7. The van der Waals surface area contributed by atoms with Gasteiger partial charge in [0.2, 0.25) is 0 Å². The van der Waals surface area contributed by atoms with Gasteiger partial charge in [0.15, 0.2) is 0 Å². The number of hydrogen-bond acceptors (Lipinski definition) is 4. The number of hydrogen-bond donors (Lipinski definition) is 1. The van der Waals surface area contributed by atoms with Gasteiger partial charge in [0.25, 0.3) is 0 Å². The normalized spacial score (nSPS) is 11.6. The number of halogens is 5. The molecular weight excluding hydrogens is 510 g/mol. The Kier molecular flexibility index (Phi) is 13.6. The van der Waals surface area contributed by atoms with Crippen LogP contribution in [0.3, 0.4) is 0 Å². The van der Waals surface area contributed by atoms with E-state index >= 15 is 0 Å². The Labute approximate surface area is 211 Å². The molecule has 192 valence electrons. The molecule has 2 aromatic rings. The number of sulfonamides is 1. The van der Waals surface area contributed by atoms with Crippen molar-refractivity contribution in [2.24, 2.45) is 5.10 Å². The molecule has 0 radical (unpaired) electrons. The summed E-state index contributed by atoms with van der Waals surface area (Å²) in [5.41, 5.74) is -3.92. The average Bonchev–Trinajstić information content (AvgIpc) is 2.78. The molecular formula is C23H32Cl2F3N3O2S. The maximum Gasteiger partial charge on any atom is 0.516 e. The number of alkyl halides is 3. The maximum absolute atomic E-state index is 12.8. The van der Waals surface area contributed by atoms with E-state index in [1.807, 2.05) is 34.6 Å². The monoisotopic (exact) mass is 541 g/mol. The van der Waals surface area contributed by atoms with Gasteiger partial charge in [-0.15, -0.1) is 0 Å². The van der Waals surface area contributed by atoms with E-state index in [4.69, 9.17) is 23.2 Å². The molecule has 0 spiro atoms. The molecule has 0 saturated carbocycles. The Morgan fingerprint density at radius 1 is 1.06 bits per heavy atom. The van der Waals surface area contributed by atoms with E-state index < -0.39 is 15.5 Å². The lowest BCUT2D eigenvalue weighted by atomic mass is 10.1. The number of nitrogens with zero attached hydrogens (tertiary/aromatic N) is 2. The summed E-state index contributed by atoms with van der Waals surface area (Å²) >= 11 is 12.3. The van der Waals surface area contributed by atoms with Crippen molar-refractivity contribution in [3.8, 4) is 0 Å². The van der Waals surface area contributed by atoms with Crippen LogP contribution in [0, 0.1) is 6.92 Å². The van der Waals surface area contributed by atoms with Gasteiger partial charge in [-0.1, -0.05) is 69.5 Å². The molecule has 0 aromatic heterocycles. The standard InChI is InChI=1S/C19H20Cl2F3N3O2S.2C2H6/c1-4-9-27(18-11-14(20)6-7-16(18)21)25-13(3)15-10-12(2)5-8-17(15)26-30(28,29)19(22,23)24;2*1-2/h5-8,10-11,26H,4,9H2,1-3H3;2*1-2H3/b25-13+;;. The zero-order chi connectivity index (χ0) is 26.7. The number of rotatable bonds is 7. The van der Waals surface area contributed by atoms with Crippen LogP contribution < -0.4 is 9.73 Å². The summed E-state index contributed by atoms with van der Waals surface area (Å²) < 4.78 is 63.3. The predicted molar refractivity (Wildman–Crippen MR) is 139 cm³/mol. The lowest BCUT2D eigenvalue weighted by Crippen LogP contribution is -2.30. The molecule has 0 fully saturated rings. The maximum atomic E-state index is 12.8. The summed E-state index contributed by atoms with van der Waals surface area (Å²) in [7, 11) is -5.58. The van der Waals surface area contributed by atoms with E-state index in [0.29, 0.717) is 34.4 Å². The van der Waals surface area contributed by atoms with Gasteiger partial charge < -0.3 is 0 Å². The highest BCUT2D eigenvalue weighted by Crippen LogP contribution is 2.31. The third-order valence-corrected chi connectivity index (χ3v) is 5.66. The van der Waals surface area contributed by atoms with Crippen LogP contribution in [0.4, 0.5) is 24.5 Å². The first-order valence-electron chi connectivity index (χ1n) is 10.8. The van der Waals surface area contributed by atoms with E-state index in [1.165, 1.54) is 12.1 Å². The van der Waals surface area contributed by atoms with Gasteiger partial charge in [-0.3, -0.25) is 9.73 Å². The van der Waals surface area contributed by atoms with Crippen LogP contribution in [0.15, 0.2) is 41.5 Å². The van der Waals surface area contributed by atoms with Crippen molar-refractivity contribution < 1.29 is 21.6 Å². The Bertz CT molecular complexity index is 1060. The largest absolute Gasteiger partial charge is 0.516 e. The summed E-state index contributed by atoms with van der Waals surface area (Å²) in [6.07, 6.45) is 0.695. The number of hydrazone groups is 1. The van der Waals surface area contributed by atoms with Crippen LogP contribution in [0.5, 0.6) is 0 Å². The van der Waals surface area contributed by atoms with Crippen molar-refractivity contribution in [1.29, 1.82) is 0 Å². The van der Waals surface area contributed by atoms with E-state index in [0.717, 1.165) is 5.56 Å². The first kappa shape index (κ1) is 32.0. The molecule has 0 bridgehead atoms. The van der Waals surface area contributed by atoms with Crippen LogP contribution >= 0.6 is 23.2 Å². The van der Waals surface area contributed by atoms with Crippen molar-refractivity contribution in [2.45, 2.75) is 60.4 Å². The van der Waals surface area contributed by atoms with Crippen molar-refractivity contribution in [1.82, 2.24) is 0 Å². The highest BCUT2D eigenvalue weighted by atomic mass is 35.5. The minimum atomic E-state index is -5.58. The molecule has 34 heavy (non-hydrogen) atoms. The second-order valence-corrected chi connectivity index (χ2v) is 9.02. The first-order chi connectivity index (χ1) is 15.9. The molecule has 0 atom stereocenters. The second-order valence-electron chi connectivity index (χ2n) is 6.50. The van der Waals surface area contributed by atoms with E-state index in [-0.39, 0.29) is 11.3 Å². The topological polar surface area (TPSA) is 61.8 Å². The fourth-order valence-corrected chi connectivity index (χ4v) is 3.57. The Hall–Kier alpha value is -1.97. The third-order valence-electron chi connectivity index (χ3n) is 4.01. The van der Waals surface area contributed by atoms with Crippen LogP contribution in [0.25, 0.3) is 0 Å². The first-order valence-corrected chi connectivity index (χ1v) is 13.1. The second kappa shape index (κ2) is 14.4. The molecule has 0 aliphatic carbocycles. The van der Waals surface area contributed by atoms with Crippen LogP contribution in [-0.4, -0.2) is 26.2 Å². The molecule has 0 saturated heterocycles. The minimum absolute atomic E-state index is 0.210. The van der Waals surface area contributed by atoms with Gasteiger partial charge in [-0.2, -0.15) is 26.7 Å².